The summed E-state index contributed by atoms with van der Waals surface area (Å²) < 4.78 is 5.23. The van der Waals surface area contributed by atoms with E-state index in [4.69, 9.17) is 4.74 Å². The van der Waals surface area contributed by atoms with Crippen LogP contribution in [0.2, 0.25) is 0 Å². The van der Waals surface area contributed by atoms with Gasteiger partial charge in [-0.15, -0.1) is 0 Å². The molecule has 0 saturated heterocycles. The van der Waals surface area contributed by atoms with Crippen molar-refractivity contribution in [1.29, 1.82) is 0 Å². The second kappa shape index (κ2) is 7.12. The minimum atomic E-state index is -0.316. The largest absolute Gasteiger partial charge is 0.497 e. The third-order valence-electron chi connectivity index (χ3n) is 4.83. The number of hydrogen-bond donors (Lipinski definition) is 1. The van der Waals surface area contributed by atoms with Crippen LogP contribution in [-0.2, 0) is 0 Å². The highest BCUT2D eigenvalue weighted by Gasteiger charge is 2.27. The van der Waals surface area contributed by atoms with Crippen molar-refractivity contribution in [3.8, 4) is 5.75 Å². The van der Waals surface area contributed by atoms with Crippen LogP contribution in [0.5, 0.6) is 5.75 Å². The number of benzene rings is 1. The molecule has 20 heavy (non-hydrogen) atoms. The highest BCUT2D eigenvalue weighted by atomic mass is 16.5. The van der Waals surface area contributed by atoms with Gasteiger partial charge < -0.3 is 9.84 Å². The van der Waals surface area contributed by atoms with Crippen LogP contribution in [-0.4, -0.2) is 12.2 Å². The Labute approximate surface area is 123 Å². The first-order valence-corrected chi connectivity index (χ1v) is 7.98. The third-order valence-corrected chi connectivity index (χ3v) is 4.83. The molecule has 0 heterocycles. The van der Waals surface area contributed by atoms with Crippen LogP contribution in [0.15, 0.2) is 18.2 Å². The van der Waals surface area contributed by atoms with E-state index in [2.05, 4.69) is 13.8 Å². The van der Waals surface area contributed by atoms with Gasteiger partial charge >= 0.3 is 0 Å². The van der Waals surface area contributed by atoms with E-state index >= 15 is 0 Å². The highest BCUT2D eigenvalue weighted by Crippen LogP contribution is 2.39. The van der Waals surface area contributed by atoms with Gasteiger partial charge in [0.1, 0.15) is 5.75 Å². The zero-order valence-corrected chi connectivity index (χ0v) is 13.1. The van der Waals surface area contributed by atoms with Crippen molar-refractivity contribution in [1.82, 2.24) is 0 Å². The van der Waals surface area contributed by atoms with E-state index < -0.39 is 0 Å². The Bertz CT molecular complexity index is 419. The lowest BCUT2D eigenvalue weighted by Crippen LogP contribution is -2.21. The molecule has 2 rings (SSSR count). The molecule has 0 amide bonds. The van der Waals surface area contributed by atoms with E-state index in [0.717, 1.165) is 35.6 Å². The van der Waals surface area contributed by atoms with Crippen molar-refractivity contribution in [2.45, 2.75) is 58.5 Å². The van der Waals surface area contributed by atoms with Gasteiger partial charge in [-0.1, -0.05) is 38.7 Å². The lowest BCUT2D eigenvalue weighted by atomic mass is 9.76. The molecule has 112 valence electrons. The Morgan fingerprint density at radius 2 is 1.95 bits per heavy atom. The molecule has 1 saturated carbocycles. The molecule has 1 aromatic carbocycles. The fourth-order valence-electron chi connectivity index (χ4n) is 3.56. The average Bonchev–Trinajstić information content (AvgIpc) is 2.47. The molecular weight excluding hydrogens is 248 g/mol. The Balaban J connectivity index is 2.00. The summed E-state index contributed by atoms with van der Waals surface area (Å²) >= 11 is 0. The van der Waals surface area contributed by atoms with Crippen molar-refractivity contribution in [2.24, 2.45) is 11.8 Å². The number of ether oxygens (including phenoxy) is 1. The SMILES string of the molecule is CCCC1CCC(C(O)c2ccc(OC)cc2C)CC1. The molecule has 0 aromatic heterocycles. The van der Waals surface area contributed by atoms with Gasteiger partial charge in [-0.2, -0.15) is 0 Å². The minimum Gasteiger partial charge on any atom is -0.497 e. The first-order valence-electron chi connectivity index (χ1n) is 7.98. The third kappa shape index (κ3) is 3.54. The summed E-state index contributed by atoms with van der Waals surface area (Å²) in [6.45, 7) is 4.32. The van der Waals surface area contributed by atoms with E-state index in [9.17, 15) is 5.11 Å². The predicted octanol–water partition coefficient (Wildman–Crippen LogP) is 4.64. The maximum Gasteiger partial charge on any atom is 0.119 e. The molecule has 1 aliphatic carbocycles. The Morgan fingerprint density at radius 1 is 1.25 bits per heavy atom. The molecule has 1 N–H and O–H groups in total. The van der Waals surface area contributed by atoms with Gasteiger partial charge in [0.2, 0.25) is 0 Å². The van der Waals surface area contributed by atoms with Crippen LogP contribution in [0, 0.1) is 18.8 Å². The van der Waals surface area contributed by atoms with Crippen molar-refractivity contribution < 1.29 is 9.84 Å². The van der Waals surface area contributed by atoms with Crippen LogP contribution < -0.4 is 4.74 Å². The Hall–Kier alpha value is -1.02. The molecule has 1 aromatic rings. The number of methoxy groups -OCH3 is 1. The van der Waals surface area contributed by atoms with Gasteiger partial charge in [-0.05, 0) is 54.9 Å². The summed E-state index contributed by atoms with van der Waals surface area (Å²) in [6.07, 6.45) is 7.22. The van der Waals surface area contributed by atoms with Crippen molar-refractivity contribution >= 4 is 0 Å². The molecule has 0 bridgehead atoms. The second-order valence-electron chi connectivity index (χ2n) is 6.24. The van der Waals surface area contributed by atoms with Crippen LogP contribution in [0.3, 0.4) is 0 Å². The van der Waals surface area contributed by atoms with Gasteiger partial charge in [-0.3, -0.25) is 0 Å². The number of hydrogen-bond acceptors (Lipinski definition) is 2. The van der Waals surface area contributed by atoms with E-state index in [0.29, 0.717) is 5.92 Å². The molecule has 2 nitrogen and oxygen atoms in total. The zero-order valence-electron chi connectivity index (χ0n) is 13.1. The van der Waals surface area contributed by atoms with E-state index in [1.807, 2.05) is 18.2 Å². The standard InChI is InChI=1S/C18H28O2/c1-4-5-14-6-8-15(9-7-14)18(19)17-11-10-16(20-3)12-13(17)2/h10-12,14-15,18-19H,4-9H2,1-3H3. The topological polar surface area (TPSA) is 29.5 Å². The van der Waals surface area contributed by atoms with Gasteiger partial charge in [-0.25, -0.2) is 0 Å². The summed E-state index contributed by atoms with van der Waals surface area (Å²) in [7, 11) is 1.68. The second-order valence-corrected chi connectivity index (χ2v) is 6.24. The van der Waals surface area contributed by atoms with Crippen molar-refractivity contribution in [3.05, 3.63) is 29.3 Å². The normalized spacial score (nSPS) is 24.4. The molecule has 0 spiro atoms. The molecule has 1 atom stereocenters. The minimum absolute atomic E-state index is 0.316. The highest BCUT2D eigenvalue weighted by molar-refractivity contribution is 5.36. The van der Waals surface area contributed by atoms with Crippen molar-refractivity contribution in [2.75, 3.05) is 7.11 Å². The predicted molar refractivity (Wildman–Crippen MR) is 83.0 cm³/mol. The summed E-state index contributed by atoms with van der Waals surface area (Å²) in [6, 6.07) is 5.99. The Kier molecular flexibility index (Phi) is 5.47. The number of aliphatic hydroxyl groups excluding tert-OH is 1. The van der Waals surface area contributed by atoms with Gasteiger partial charge in [0.15, 0.2) is 0 Å². The molecule has 0 aliphatic heterocycles. The van der Waals surface area contributed by atoms with Gasteiger partial charge in [0.25, 0.3) is 0 Å². The maximum absolute atomic E-state index is 10.7. The quantitative estimate of drug-likeness (QED) is 0.848. The fraction of sp³-hybridized carbons (Fsp3) is 0.667. The Morgan fingerprint density at radius 3 is 2.50 bits per heavy atom. The maximum atomic E-state index is 10.7. The molecule has 1 fully saturated rings. The van der Waals surface area contributed by atoms with Crippen LogP contribution >= 0.6 is 0 Å². The fourth-order valence-corrected chi connectivity index (χ4v) is 3.56. The summed E-state index contributed by atoms with van der Waals surface area (Å²) in [5.74, 6) is 2.18. The smallest absolute Gasteiger partial charge is 0.119 e. The first kappa shape index (κ1) is 15.4. The number of rotatable bonds is 5. The number of aryl methyl sites for hydroxylation is 1. The van der Waals surface area contributed by atoms with Gasteiger partial charge in [0.05, 0.1) is 13.2 Å². The van der Waals surface area contributed by atoms with E-state index in [1.54, 1.807) is 7.11 Å². The lowest BCUT2D eigenvalue weighted by Gasteiger charge is -2.32. The van der Waals surface area contributed by atoms with Crippen LogP contribution in [0.1, 0.15) is 62.7 Å². The van der Waals surface area contributed by atoms with Gasteiger partial charge in [0, 0.05) is 0 Å². The molecule has 1 unspecified atom stereocenters. The lowest BCUT2D eigenvalue weighted by molar-refractivity contribution is 0.0717. The van der Waals surface area contributed by atoms with E-state index in [1.165, 1.54) is 25.7 Å². The average molecular weight is 276 g/mol. The zero-order chi connectivity index (χ0) is 14.5. The molecule has 2 heteroatoms. The van der Waals surface area contributed by atoms with E-state index in [-0.39, 0.29) is 6.10 Å². The number of aliphatic hydroxyl groups is 1. The molecule has 0 radical (unpaired) electrons. The van der Waals surface area contributed by atoms with Crippen molar-refractivity contribution in [3.63, 3.8) is 0 Å². The van der Waals surface area contributed by atoms with Crippen LogP contribution in [0.25, 0.3) is 0 Å². The summed E-state index contributed by atoms with van der Waals surface area (Å²) in [5.41, 5.74) is 2.21. The first-order chi connectivity index (χ1) is 9.65. The molecule has 1 aliphatic rings. The molecular formula is C18H28O2. The monoisotopic (exact) mass is 276 g/mol. The summed E-state index contributed by atoms with van der Waals surface area (Å²) in [5, 5.41) is 10.7. The van der Waals surface area contributed by atoms with Crippen LogP contribution in [0.4, 0.5) is 0 Å². The summed E-state index contributed by atoms with van der Waals surface area (Å²) in [4.78, 5) is 0.